The summed E-state index contributed by atoms with van der Waals surface area (Å²) >= 11 is 0. The maximum absolute atomic E-state index is 11.4. The van der Waals surface area contributed by atoms with Gasteiger partial charge >= 0.3 is 5.97 Å². The zero-order valence-corrected chi connectivity index (χ0v) is 10.9. The molecule has 1 aromatic carbocycles. The minimum absolute atomic E-state index is 0.0921. The molecule has 0 saturated heterocycles. The highest BCUT2D eigenvalue weighted by Gasteiger charge is 2.15. The van der Waals surface area contributed by atoms with Crippen molar-refractivity contribution in [1.29, 1.82) is 0 Å². The molecule has 1 aromatic heterocycles. The van der Waals surface area contributed by atoms with Crippen LogP contribution in [-0.2, 0) is 6.42 Å². The molecular weight excluding hydrogens is 242 g/mol. The molecule has 4 heteroatoms. The van der Waals surface area contributed by atoms with Gasteiger partial charge in [-0.15, -0.1) is 0 Å². The fraction of sp³-hybridized carbons (Fsp3) is 0.200. The summed E-state index contributed by atoms with van der Waals surface area (Å²) in [6, 6.07) is 9.02. The SMILES string of the molecule is CCc1ccc(-n2cc(C(C)=O)cc2C(=O)O)cc1. The summed E-state index contributed by atoms with van der Waals surface area (Å²) in [6.07, 6.45) is 2.49. The van der Waals surface area contributed by atoms with Gasteiger partial charge in [0.15, 0.2) is 5.78 Å². The third-order valence-electron chi connectivity index (χ3n) is 3.07. The minimum Gasteiger partial charge on any atom is -0.477 e. The number of rotatable bonds is 4. The molecule has 19 heavy (non-hydrogen) atoms. The van der Waals surface area contributed by atoms with Crippen LogP contribution in [0.5, 0.6) is 0 Å². The van der Waals surface area contributed by atoms with E-state index >= 15 is 0 Å². The number of carboxylic acids is 1. The molecule has 0 unspecified atom stereocenters. The van der Waals surface area contributed by atoms with E-state index in [-0.39, 0.29) is 11.5 Å². The largest absolute Gasteiger partial charge is 0.477 e. The third kappa shape index (κ3) is 2.57. The van der Waals surface area contributed by atoms with Crippen LogP contribution in [-0.4, -0.2) is 21.4 Å². The maximum atomic E-state index is 11.4. The number of nitrogens with zero attached hydrogens (tertiary/aromatic N) is 1. The standard InChI is InChI=1S/C15H15NO3/c1-3-11-4-6-13(7-5-11)16-9-12(10(2)17)8-14(16)15(18)19/h4-9H,3H2,1-2H3,(H,18,19). The molecule has 0 aliphatic rings. The first-order valence-corrected chi connectivity index (χ1v) is 6.09. The molecule has 0 amide bonds. The Bertz CT molecular complexity index is 623. The summed E-state index contributed by atoms with van der Waals surface area (Å²) in [5.74, 6) is -1.20. The number of hydrogen-bond acceptors (Lipinski definition) is 2. The first-order valence-electron chi connectivity index (χ1n) is 6.09. The monoisotopic (exact) mass is 257 g/mol. The Morgan fingerprint density at radius 3 is 2.32 bits per heavy atom. The van der Waals surface area contributed by atoms with Crippen LogP contribution in [0.4, 0.5) is 0 Å². The Labute approximate surface area is 111 Å². The fourth-order valence-electron chi connectivity index (χ4n) is 1.93. The van der Waals surface area contributed by atoms with E-state index in [1.165, 1.54) is 23.1 Å². The van der Waals surface area contributed by atoms with E-state index in [0.717, 1.165) is 12.1 Å². The number of carbonyl (C=O) groups excluding carboxylic acids is 1. The molecule has 2 aromatic rings. The number of Topliss-reactive ketones (excluding diaryl/α,β-unsaturated/α-hetero) is 1. The highest BCUT2D eigenvalue weighted by molar-refractivity contribution is 5.97. The summed E-state index contributed by atoms with van der Waals surface area (Å²) in [6.45, 7) is 3.48. The van der Waals surface area contributed by atoms with Crippen molar-refractivity contribution >= 4 is 11.8 Å². The molecule has 0 fully saturated rings. The molecule has 1 heterocycles. The van der Waals surface area contributed by atoms with Gasteiger partial charge in [-0.2, -0.15) is 0 Å². The van der Waals surface area contributed by atoms with E-state index in [9.17, 15) is 14.7 Å². The summed E-state index contributed by atoms with van der Waals surface area (Å²) in [5, 5.41) is 9.19. The predicted octanol–water partition coefficient (Wildman–Crippen LogP) is 2.94. The molecule has 0 atom stereocenters. The lowest BCUT2D eigenvalue weighted by Crippen LogP contribution is -2.05. The molecule has 0 aliphatic carbocycles. The predicted molar refractivity (Wildman–Crippen MR) is 72.1 cm³/mol. The zero-order chi connectivity index (χ0) is 14.0. The second kappa shape index (κ2) is 5.10. The Hall–Kier alpha value is -2.36. The van der Waals surface area contributed by atoms with E-state index in [0.29, 0.717) is 5.56 Å². The van der Waals surface area contributed by atoms with E-state index in [4.69, 9.17) is 0 Å². The second-order valence-electron chi connectivity index (χ2n) is 4.37. The molecule has 0 aliphatic heterocycles. The maximum Gasteiger partial charge on any atom is 0.352 e. The quantitative estimate of drug-likeness (QED) is 0.857. The van der Waals surface area contributed by atoms with Crippen LogP contribution in [0.1, 0.15) is 40.3 Å². The number of aromatic nitrogens is 1. The highest BCUT2D eigenvalue weighted by Crippen LogP contribution is 2.17. The molecule has 0 spiro atoms. The number of benzene rings is 1. The molecule has 0 bridgehead atoms. The van der Waals surface area contributed by atoms with Crippen LogP contribution < -0.4 is 0 Å². The Morgan fingerprint density at radius 2 is 1.84 bits per heavy atom. The van der Waals surface area contributed by atoms with E-state index in [2.05, 4.69) is 6.92 Å². The van der Waals surface area contributed by atoms with Crippen molar-refractivity contribution in [2.75, 3.05) is 0 Å². The molecular formula is C15H15NO3. The number of aryl methyl sites for hydroxylation is 1. The van der Waals surface area contributed by atoms with Crippen LogP contribution in [0.2, 0.25) is 0 Å². The lowest BCUT2D eigenvalue weighted by Gasteiger charge is -2.06. The van der Waals surface area contributed by atoms with Crippen molar-refractivity contribution in [2.24, 2.45) is 0 Å². The van der Waals surface area contributed by atoms with Gasteiger partial charge in [0, 0.05) is 17.4 Å². The highest BCUT2D eigenvalue weighted by atomic mass is 16.4. The average molecular weight is 257 g/mol. The zero-order valence-electron chi connectivity index (χ0n) is 10.9. The lowest BCUT2D eigenvalue weighted by molar-refractivity contribution is 0.0688. The van der Waals surface area contributed by atoms with Crippen molar-refractivity contribution < 1.29 is 14.7 Å². The molecule has 4 nitrogen and oxygen atoms in total. The molecule has 2 rings (SSSR count). The molecule has 98 valence electrons. The van der Waals surface area contributed by atoms with Gasteiger partial charge in [0.05, 0.1) is 0 Å². The Balaban J connectivity index is 2.52. The first kappa shape index (κ1) is 13.1. The van der Waals surface area contributed by atoms with Crippen molar-refractivity contribution in [3.63, 3.8) is 0 Å². The van der Waals surface area contributed by atoms with Crippen LogP contribution in [0.25, 0.3) is 5.69 Å². The molecule has 0 radical (unpaired) electrons. The molecule has 1 N–H and O–H groups in total. The van der Waals surface area contributed by atoms with Gasteiger partial charge < -0.3 is 9.67 Å². The van der Waals surface area contributed by atoms with Crippen molar-refractivity contribution in [1.82, 2.24) is 4.57 Å². The number of hydrogen-bond donors (Lipinski definition) is 1. The topological polar surface area (TPSA) is 59.3 Å². The van der Waals surface area contributed by atoms with Crippen LogP contribution >= 0.6 is 0 Å². The van der Waals surface area contributed by atoms with Crippen LogP contribution in [0, 0.1) is 0 Å². The number of ketones is 1. The average Bonchev–Trinajstić information content (AvgIpc) is 2.84. The van der Waals surface area contributed by atoms with Crippen LogP contribution in [0.15, 0.2) is 36.5 Å². The summed E-state index contributed by atoms with van der Waals surface area (Å²) in [5.41, 5.74) is 2.41. The van der Waals surface area contributed by atoms with Crippen molar-refractivity contribution in [2.45, 2.75) is 20.3 Å². The Kier molecular flexibility index (Phi) is 3.51. The van der Waals surface area contributed by atoms with Gasteiger partial charge in [0.25, 0.3) is 0 Å². The van der Waals surface area contributed by atoms with Gasteiger partial charge in [-0.05, 0) is 37.1 Å². The number of carbonyl (C=O) groups is 2. The lowest BCUT2D eigenvalue weighted by atomic mass is 10.1. The van der Waals surface area contributed by atoms with Gasteiger partial charge in [0.2, 0.25) is 0 Å². The van der Waals surface area contributed by atoms with Crippen LogP contribution in [0.3, 0.4) is 0 Å². The second-order valence-corrected chi connectivity index (χ2v) is 4.37. The van der Waals surface area contributed by atoms with E-state index in [1.54, 1.807) is 6.20 Å². The van der Waals surface area contributed by atoms with Gasteiger partial charge in [-0.25, -0.2) is 4.79 Å². The van der Waals surface area contributed by atoms with Gasteiger partial charge in [-0.1, -0.05) is 19.1 Å². The van der Waals surface area contributed by atoms with Crippen molar-refractivity contribution in [3.8, 4) is 5.69 Å². The normalized spacial score (nSPS) is 10.4. The van der Waals surface area contributed by atoms with E-state index in [1.807, 2.05) is 24.3 Å². The third-order valence-corrected chi connectivity index (χ3v) is 3.07. The van der Waals surface area contributed by atoms with Gasteiger partial charge in [0.1, 0.15) is 5.69 Å². The summed E-state index contributed by atoms with van der Waals surface area (Å²) in [7, 11) is 0. The minimum atomic E-state index is -1.05. The summed E-state index contributed by atoms with van der Waals surface area (Å²) < 4.78 is 1.53. The molecule has 0 saturated carbocycles. The number of aromatic carboxylic acids is 1. The first-order chi connectivity index (χ1) is 9.02. The smallest absolute Gasteiger partial charge is 0.352 e. The van der Waals surface area contributed by atoms with E-state index < -0.39 is 5.97 Å². The van der Waals surface area contributed by atoms with Gasteiger partial charge in [-0.3, -0.25) is 4.79 Å². The van der Waals surface area contributed by atoms with Crippen molar-refractivity contribution in [3.05, 3.63) is 53.3 Å². The number of carboxylic acid groups (broad SMARTS) is 1. The fourth-order valence-corrected chi connectivity index (χ4v) is 1.93. The summed E-state index contributed by atoms with van der Waals surface area (Å²) in [4.78, 5) is 22.6. The Morgan fingerprint density at radius 1 is 1.21 bits per heavy atom.